The Kier molecular flexibility index (Phi) is 9.69. The molecule has 1 N–H and O–H groups in total. The van der Waals surface area contributed by atoms with Gasteiger partial charge in [-0.25, -0.2) is 0 Å². The van der Waals surface area contributed by atoms with E-state index in [4.69, 9.17) is 11.6 Å². The van der Waals surface area contributed by atoms with Crippen LogP contribution in [-0.4, -0.2) is 34.6 Å². The number of hydrogen-bond acceptors (Lipinski definition) is 3. The third-order valence-electron chi connectivity index (χ3n) is 6.19. The van der Waals surface area contributed by atoms with E-state index in [1.807, 2.05) is 31.2 Å². The average Bonchev–Trinajstić information content (AvgIpc) is 2.78. The fraction of sp³-hybridized carbons (Fsp3) is 0.481. The maximum absolute atomic E-state index is 13.3. The molecule has 2 aromatic carbocycles. The largest absolute Gasteiger partial charge is 0.352 e. The number of nitrogens with zero attached hydrogens (tertiary/aromatic N) is 1. The Morgan fingerprint density at radius 2 is 1.76 bits per heavy atom. The Morgan fingerprint density at radius 1 is 1.09 bits per heavy atom. The van der Waals surface area contributed by atoms with Crippen molar-refractivity contribution in [2.24, 2.45) is 0 Å². The van der Waals surface area contributed by atoms with Crippen LogP contribution in [0.3, 0.4) is 0 Å². The lowest BCUT2D eigenvalue weighted by molar-refractivity contribution is -0.139. The van der Waals surface area contributed by atoms with Crippen molar-refractivity contribution < 1.29 is 9.59 Å². The van der Waals surface area contributed by atoms with Gasteiger partial charge in [0.2, 0.25) is 11.8 Å². The van der Waals surface area contributed by atoms with Crippen molar-refractivity contribution in [3.63, 3.8) is 0 Å². The SMILES string of the molecule is Cc1cc(C)cc(CSCC(=O)N(Cc2ccccc2Cl)C(C)C(=O)NC2CCCCC2)c1. The quantitative estimate of drug-likeness (QED) is 0.469. The van der Waals surface area contributed by atoms with Gasteiger partial charge in [0.25, 0.3) is 0 Å². The highest BCUT2D eigenvalue weighted by molar-refractivity contribution is 7.99. The normalized spacial score (nSPS) is 15.2. The van der Waals surface area contributed by atoms with E-state index in [1.165, 1.54) is 23.1 Å². The lowest BCUT2D eigenvalue weighted by atomic mass is 9.95. The standard InChI is InChI=1S/C27H35ClN2O2S/c1-19-13-20(2)15-22(14-19)17-33-18-26(31)30(16-23-9-7-8-12-25(23)28)21(3)27(32)29-24-10-5-4-6-11-24/h7-9,12-15,21,24H,4-6,10-11,16-18H2,1-3H3,(H,29,32). The Bertz CT molecular complexity index is 939. The van der Waals surface area contributed by atoms with Gasteiger partial charge in [0.15, 0.2) is 0 Å². The molecule has 0 aliphatic heterocycles. The van der Waals surface area contributed by atoms with Crippen molar-refractivity contribution in [2.75, 3.05) is 5.75 Å². The summed E-state index contributed by atoms with van der Waals surface area (Å²) in [6, 6.07) is 13.6. The molecule has 1 fully saturated rings. The smallest absolute Gasteiger partial charge is 0.242 e. The van der Waals surface area contributed by atoms with E-state index in [9.17, 15) is 9.59 Å². The summed E-state index contributed by atoms with van der Waals surface area (Å²) in [6.07, 6.45) is 5.56. The number of amides is 2. The van der Waals surface area contributed by atoms with Gasteiger partial charge in [-0.15, -0.1) is 11.8 Å². The number of hydrogen-bond donors (Lipinski definition) is 1. The molecule has 0 radical (unpaired) electrons. The Hall–Kier alpha value is -1.98. The van der Waals surface area contributed by atoms with Crippen LogP contribution in [0.25, 0.3) is 0 Å². The van der Waals surface area contributed by atoms with E-state index in [0.29, 0.717) is 17.3 Å². The van der Waals surface area contributed by atoms with Gasteiger partial charge < -0.3 is 10.2 Å². The molecule has 2 aromatic rings. The molecule has 178 valence electrons. The summed E-state index contributed by atoms with van der Waals surface area (Å²) in [7, 11) is 0. The Morgan fingerprint density at radius 3 is 2.42 bits per heavy atom. The van der Waals surface area contributed by atoms with Crippen LogP contribution < -0.4 is 5.32 Å². The van der Waals surface area contributed by atoms with Gasteiger partial charge in [-0.2, -0.15) is 0 Å². The highest BCUT2D eigenvalue weighted by atomic mass is 35.5. The number of thioether (sulfide) groups is 1. The summed E-state index contributed by atoms with van der Waals surface area (Å²) in [5.41, 5.74) is 4.52. The topological polar surface area (TPSA) is 49.4 Å². The molecule has 1 saturated carbocycles. The van der Waals surface area contributed by atoms with Crippen LogP contribution in [0.1, 0.15) is 61.3 Å². The van der Waals surface area contributed by atoms with Crippen LogP contribution >= 0.6 is 23.4 Å². The predicted molar refractivity (Wildman–Crippen MR) is 139 cm³/mol. The molecular weight excluding hydrogens is 452 g/mol. The number of carbonyl (C=O) groups excluding carboxylic acids is 2. The first-order valence-corrected chi connectivity index (χ1v) is 13.3. The number of carbonyl (C=O) groups is 2. The lowest BCUT2D eigenvalue weighted by Crippen LogP contribution is -2.50. The number of nitrogens with one attached hydrogen (secondary N) is 1. The van der Waals surface area contributed by atoms with Gasteiger partial charge in [0.05, 0.1) is 5.75 Å². The molecule has 1 aliphatic carbocycles. The molecule has 0 bridgehead atoms. The molecule has 33 heavy (non-hydrogen) atoms. The number of rotatable bonds is 9. The molecule has 0 aromatic heterocycles. The van der Waals surface area contributed by atoms with Crippen molar-refractivity contribution in [1.29, 1.82) is 0 Å². The minimum Gasteiger partial charge on any atom is -0.352 e. The van der Waals surface area contributed by atoms with Crippen molar-refractivity contribution >= 4 is 35.2 Å². The zero-order chi connectivity index (χ0) is 23.8. The van der Waals surface area contributed by atoms with Gasteiger partial charge >= 0.3 is 0 Å². The monoisotopic (exact) mass is 486 g/mol. The number of aryl methyl sites for hydroxylation is 2. The molecule has 3 rings (SSSR count). The van der Waals surface area contributed by atoms with Crippen LogP contribution in [0.4, 0.5) is 0 Å². The summed E-state index contributed by atoms with van der Waals surface area (Å²) >= 11 is 7.97. The number of benzene rings is 2. The summed E-state index contributed by atoms with van der Waals surface area (Å²) in [5, 5.41) is 3.79. The molecule has 1 aliphatic rings. The zero-order valence-corrected chi connectivity index (χ0v) is 21.5. The molecule has 0 heterocycles. The van der Waals surface area contributed by atoms with E-state index >= 15 is 0 Å². The van der Waals surface area contributed by atoms with Crippen molar-refractivity contribution in [2.45, 2.75) is 77.3 Å². The van der Waals surface area contributed by atoms with E-state index in [-0.39, 0.29) is 17.9 Å². The van der Waals surface area contributed by atoms with Crippen LogP contribution in [0.5, 0.6) is 0 Å². The van der Waals surface area contributed by atoms with Gasteiger partial charge in [-0.3, -0.25) is 9.59 Å². The second-order valence-corrected chi connectivity index (χ2v) is 10.5. The van der Waals surface area contributed by atoms with Crippen LogP contribution in [0, 0.1) is 13.8 Å². The molecule has 6 heteroatoms. The van der Waals surface area contributed by atoms with Gasteiger partial charge in [-0.1, -0.05) is 78.4 Å². The second-order valence-electron chi connectivity index (χ2n) is 9.12. The first kappa shape index (κ1) is 25.6. The second kappa shape index (κ2) is 12.5. The minimum absolute atomic E-state index is 0.0458. The molecule has 0 saturated heterocycles. The first-order chi connectivity index (χ1) is 15.8. The average molecular weight is 487 g/mol. The molecule has 2 amide bonds. The fourth-order valence-corrected chi connectivity index (χ4v) is 5.49. The fourth-order valence-electron chi connectivity index (χ4n) is 4.45. The molecule has 0 spiro atoms. The van der Waals surface area contributed by atoms with Crippen LogP contribution in [0.2, 0.25) is 5.02 Å². The van der Waals surface area contributed by atoms with E-state index in [1.54, 1.807) is 16.7 Å². The number of halogens is 1. The molecule has 1 unspecified atom stereocenters. The highest BCUT2D eigenvalue weighted by Crippen LogP contribution is 2.22. The maximum atomic E-state index is 13.3. The molecule has 4 nitrogen and oxygen atoms in total. The Labute approximate surface area is 207 Å². The van der Waals surface area contributed by atoms with Crippen molar-refractivity contribution in [3.8, 4) is 0 Å². The van der Waals surface area contributed by atoms with Crippen molar-refractivity contribution in [1.82, 2.24) is 10.2 Å². The van der Waals surface area contributed by atoms with E-state index < -0.39 is 6.04 Å². The van der Waals surface area contributed by atoms with Gasteiger partial charge in [0.1, 0.15) is 6.04 Å². The summed E-state index contributed by atoms with van der Waals surface area (Å²) in [6.45, 7) is 6.32. The summed E-state index contributed by atoms with van der Waals surface area (Å²) in [5.74, 6) is 0.951. The molecular formula is C27H35ClN2O2S. The van der Waals surface area contributed by atoms with E-state index in [0.717, 1.165) is 37.0 Å². The zero-order valence-electron chi connectivity index (χ0n) is 19.9. The lowest BCUT2D eigenvalue weighted by Gasteiger charge is -2.31. The summed E-state index contributed by atoms with van der Waals surface area (Å²) < 4.78 is 0. The first-order valence-electron chi connectivity index (χ1n) is 11.8. The predicted octanol–water partition coefficient (Wildman–Crippen LogP) is 6.06. The molecule has 1 atom stereocenters. The maximum Gasteiger partial charge on any atom is 0.242 e. The van der Waals surface area contributed by atoms with Crippen LogP contribution in [0.15, 0.2) is 42.5 Å². The van der Waals surface area contributed by atoms with E-state index in [2.05, 4.69) is 37.4 Å². The van der Waals surface area contributed by atoms with Crippen molar-refractivity contribution in [3.05, 3.63) is 69.7 Å². The third-order valence-corrected chi connectivity index (χ3v) is 7.55. The van der Waals surface area contributed by atoms with Gasteiger partial charge in [-0.05, 0) is 50.8 Å². The van der Waals surface area contributed by atoms with Crippen LogP contribution in [-0.2, 0) is 21.9 Å². The van der Waals surface area contributed by atoms with Gasteiger partial charge in [0, 0.05) is 23.4 Å². The minimum atomic E-state index is -0.558. The third kappa shape index (κ3) is 7.79. The highest BCUT2D eigenvalue weighted by Gasteiger charge is 2.28. The summed E-state index contributed by atoms with van der Waals surface area (Å²) in [4.78, 5) is 28.0. The Balaban J connectivity index is 1.67.